The van der Waals surface area contributed by atoms with Crippen LogP contribution in [0, 0.1) is 0 Å². The summed E-state index contributed by atoms with van der Waals surface area (Å²) >= 11 is 5.88. The quantitative estimate of drug-likeness (QED) is 0.817. The molecule has 102 valence electrons. The van der Waals surface area contributed by atoms with E-state index >= 15 is 0 Å². The van der Waals surface area contributed by atoms with Crippen molar-refractivity contribution in [2.45, 2.75) is 39.3 Å². The molecule has 0 bridgehead atoms. The van der Waals surface area contributed by atoms with Gasteiger partial charge in [0.05, 0.1) is 0 Å². The van der Waals surface area contributed by atoms with Crippen molar-refractivity contribution in [1.82, 2.24) is 10.2 Å². The Labute approximate surface area is 116 Å². The van der Waals surface area contributed by atoms with Crippen LogP contribution in [0.4, 0.5) is 0 Å². The average Bonchev–Trinajstić information content (AvgIpc) is 2.32. The molecule has 0 saturated carbocycles. The Bertz CT molecular complexity index is 335. The van der Waals surface area contributed by atoms with Gasteiger partial charge in [-0.15, -0.1) is 0 Å². The van der Waals surface area contributed by atoms with Crippen molar-refractivity contribution < 1.29 is 0 Å². The molecule has 1 rings (SSSR count). The van der Waals surface area contributed by atoms with Crippen molar-refractivity contribution in [2.75, 3.05) is 20.1 Å². The maximum Gasteiger partial charge on any atom is 0.0406 e. The molecular formula is C15H25ClN2. The minimum absolute atomic E-state index is 0.492. The van der Waals surface area contributed by atoms with Crippen LogP contribution in [0.5, 0.6) is 0 Å². The first-order chi connectivity index (χ1) is 8.49. The van der Waals surface area contributed by atoms with Gasteiger partial charge in [-0.25, -0.2) is 0 Å². The number of nitrogens with zero attached hydrogens (tertiary/aromatic N) is 1. The Morgan fingerprint density at radius 1 is 1.17 bits per heavy atom. The van der Waals surface area contributed by atoms with Gasteiger partial charge in [-0.1, -0.05) is 23.7 Å². The molecule has 1 N–H and O–H groups in total. The van der Waals surface area contributed by atoms with E-state index in [4.69, 9.17) is 11.6 Å². The lowest BCUT2D eigenvalue weighted by Gasteiger charge is -2.22. The highest BCUT2D eigenvalue weighted by Gasteiger charge is 2.05. The maximum atomic E-state index is 5.88. The van der Waals surface area contributed by atoms with E-state index < -0.39 is 0 Å². The lowest BCUT2D eigenvalue weighted by Crippen LogP contribution is -2.37. The maximum absolute atomic E-state index is 5.88. The van der Waals surface area contributed by atoms with Crippen molar-refractivity contribution >= 4 is 11.6 Å². The van der Waals surface area contributed by atoms with Gasteiger partial charge in [-0.05, 0) is 51.9 Å². The molecule has 0 spiro atoms. The van der Waals surface area contributed by atoms with E-state index in [9.17, 15) is 0 Å². The molecule has 0 radical (unpaired) electrons. The van der Waals surface area contributed by atoms with Gasteiger partial charge >= 0.3 is 0 Å². The Kier molecular flexibility index (Phi) is 6.69. The number of nitrogens with one attached hydrogen (secondary N) is 1. The highest BCUT2D eigenvalue weighted by molar-refractivity contribution is 6.30. The summed E-state index contributed by atoms with van der Waals surface area (Å²) in [5, 5.41) is 4.36. The third-order valence-electron chi connectivity index (χ3n) is 3.29. The largest absolute Gasteiger partial charge is 0.313 e. The molecule has 0 aromatic heterocycles. The van der Waals surface area contributed by atoms with Crippen LogP contribution >= 0.6 is 11.6 Å². The number of hydrogen-bond donors (Lipinski definition) is 1. The normalized spacial score (nSPS) is 13.3. The molecule has 1 aromatic rings. The average molecular weight is 269 g/mol. The van der Waals surface area contributed by atoms with E-state index in [2.05, 4.69) is 50.2 Å². The smallest absolute Gasteiger partial charge is 0.0406 e. The minimum atomic E-state index is 0.492. The second-order valence-corrected chi connectivity index (χ2v) is 5.70. The summed E-state index contributed by atoms with van der Waals surface area (Å²) in [5.41, 5.74) is 1.33. The van der Waals surface area contributed by atoms with Crippen LogP contribution in [-0.2, 0) is 6.42 Å². The number of benzene rings is 1. The lowest BCUT2D eigenvalue weighted by molar-refractivity contribution is 0.269. The molecule has 0 aliphatic rings. The van der Waals surface area contributed by atoms with Crippen molar-refractivity contribution in [3.8, 4) is 0 Å². The Hall–Kier alpha value is -0.570. The first kappa shape index (κ1) is 15.5. The molecule has 3 heteroatoms. The van der Waals surface area contributed by atoms with Gasteiger partial charge in [-0.3, -0.25) is 0 Å². The molecule has 0 aliphatic carbocycles. The summed E-state index contributed by atoms with van der Waals surface area (Å²) < 4.78 is 0. The molecule has 2 nitrogen and oxygen atoms in total. The van der Waals surface area contributed by atoms with Crippen molar-refractivity contribution in [3.05, 3.63) is 34.9 Å². The molecule has 0 fully saturated rings. The van der Waals surface area contributed by atoms with Crippen molar-refractivity contribution in [2.24, 2.45) is 0 Å². The van der Waals surface area contributed by atoms with Crippen LogP contribution in [0.2, 0.25) is 5.02 Å². The van der Waals surface area contributed by atoms with Gasteiger partial charge in [0.2, 0.25) is 0 Å². The zero-order valence-electron chi connectivity index (χ0n) is 11.9. The van der Waals surface area contributed by atoms with Crippen LogP contribution in [0.15, 0.2) is 24.3 Å². The molecule has 1 unspecified atom stereocenters. The second-order valence-electron chi connectivity index (χ2n) is 5.26. The fraction of sp³-hybridized carbons (Fsp3) is 0.600. The predicted molar refractivity (Wildman–Crippen MR) is 80.4 cm³/mol. The molecule has 18 heavy (non-hydrogen) atoms. The third kappa shape index (κ3) is 5.85. The zero-order valence-corrected chi connectivity index (χ0v) is 12.7. The van der Waals surface area contributed by atoms with Crippen LogP contribution in [0.25, 0.3) is 0 Å². The highest BCUT2D eigenvalue weighted by atomic mass is 35.5. The molecule has 0 heterocycles. The number of halogens is 1. The van der Waals surface area contributed by atoms with Gasteiger partial charge in [0, 0.05) is 30.2 Å². The number of hydrogen-bond acceptors (Lipinski definition) is 2. The molecular weight excluding hydrogens is 244 g/mol. The van der Waals surface area contributed by atoms with Gasteiger partial charge in [0.15, 0.2) is 0 Å². The lowest BCUT2D eigenvalue weighted by atomic mass is 10.1. The monoisotopic (exact) mass is 268 g/mol. The molecule has 0 saturated heterocycles. The summed E-state index contributed by atoms with van der Waals surface area (Å²) in [6.07, 6.45) is 1.04. The summed E-state index contributed by atoms with van der Waals surface area (Å²) in [6, 6.07) is 9.21. The SMILES string of the molecule is CC(Cc1ccc(Cl)cc1)NCCN(C)C(C)C. The Balaban J connectivity index is 2.25. The summed E-state index contributed by atoms with van der Waals surface area (Å²) in [4.78, 5) is 2.35. The molecule has 1 atom stereocenters. The van der Waals surface area contributed by atoms with Crippen LogP contribution in [0.1, 0.15) is 26.3 Å². The standard InChI is InChI=1S/C15H25ClN2/c1-12(2)18(4)10-9-17-13(3)11-14-5-7-15(16)8-6-14/h5-8,12-13,17H,9-11H2,1-4H3. The Morgan fingerprint density at radius 2 is 1.78 bits per heavy atom. The van der Waals surface area contributed by atoms with Gasteiger partial charge in [0.1, 0.15) is 0 Å². The van der Waals surface area contributed by atoms with E-state index in [0.717, 1.165) is 24.5 Å². The van der Waals surface area contributed by atoms with Gasteiger partial charge in [0.25, 0.3) is 0 Å². The predicted octanol–water partition coefficient (Wildman–Crippen LogP) is 3.20. The second kappa shape index (κ2) is 7.78. The molecule has 0 amide bonds. The van der Waals surface area contributed by atoms with E-state index in [1.165, 1.54) is 5.56 Å². The third-order valence-corrected chi connectivity index (χ3v) is 3.55. The summed E-state index contributed by atoms with van der Waals surface area (Å²) in [7, 11) is 2.16. The van der Waals surface area contributed by atoms with Crippen molar-refractivity contribution in [3.63, 3.8) is 0 Å². The topological polar surface area (TPSA) is 15.3 Å². The minimum Gasteiger partial charge on any atom is -0.313 e. The van der Waals surface area contributed by atoms with Crippen LogP contribution in [-0.4, -0.2) is 37.1 Å². The number of likely N-dealkylation sites (N-methyl/N-ethyl adjacent to an activating group) is 1. The fourth-order valence-electron chi connectivity index (χ4n) is 1.79. The highest BCUT2D eigenvalue weighted by Crippen LogP contribution is 2.10. The van der Waals surface area contributed by atoms with E-state index in [1.54, 1.807) is 0 Å². The first-order valence-corrected chi connectivity index (χ1v) is 7.05. The summed E-state index contributed by atoms with van der Waals surface area (Å²) in [6.45, 7) is 8.78. The zero-order chi connectivity index (χ0) is 13.5. The van der Waals surface area contributed by atoms with Crippen LogP contribution < -0.4 is 5.32 Å². The van der Waals surface area contributed by atoms with Gasteiger partial charge in [-0.2, -0.15) is 0 Å². The van der Waals surface area contributed by atoms with E-state index in [1.807, 2.05) is 12.1 Å². The van der Waals surface area contributed by atoms with Crippen molar-refractivity contribution in [1.29, 1.82) is 0 Å². The number of rotatable bonds is 7. The fourth-order valence-corrected chi connectivity index (χ4v) is 1.92. The first-order valence-electron chi connectivity index (χ1n) is 6.67. The van der Waals surface area contributed by atoms with E-state index in [-0.39, 0.29) is 0 Å². The van der Waals surface area contributed by atoms with Gasteiger partial charge < -0.3 is 10.2 Å². The molecule has 1 aromatic carbocycles. The molecule has 0 aliphatic heterocycles. The van der Waals surface area contributed by atoms with Crippen LogP contribution in [0.3, 0.4) is 0 Å². The summed E-state index contributed by atoms with van der Waals surface area (Å²) in [5.74, 6) is 0. The Morgan fingerprint density at radius 3 is 2.33 bits per heavy atom. The van der Waals surface area contributed by atoms with E-state index in [0.29, 0.717) is 12.1 Å².